The number of nitrogens with one attached hydrogen (secondary N) is 2. The van der Waals surface area contributed by atoms with Gasteiger partial charge in [0.25, 0.3) is 0 Å². The van der Waals surface area contributed by atoms with Crippen molar-refractivity contribution in [3.63, 3.8) is 0 Å². The lowest BCUT2D eigenvalue weighted by molar-refractivity contribution is 0.0599. The number of rotatable bonds is 6. The molecule has 2 heterocycles. The van der Waals surface area contributed by atoms with E-state index in [-0.39, 0.29) is 6.04 Å². The van der Waals surface area contributed by atoms with Crippen molar-refractivity contribution >= 4 is 17.6 Å². The van der Waals surface area contributed by atoms with Gasteiger partial charge in [0.2, 0.25) is 0 Å². The molecule has 8 heteroatoms. The van der Waals surface area contributed by atoms with Crippen LogP contribution < -0.4 is 20.3 Å². The minimum Gasteiger partial charge on any atom is -0.495 e. The predicted octanol–water partition coefficient (Wildman–Crippen LogP) is 2.33. The fourth-order valence-corrected chi connectivity index (χ4v) is 3.49. The summed E-state index contributed by atoms with van der Waals surface area (Å²) in [7, 11) is 4.78. The molecule has 1 aromatic carbocycles. The Morgan fingerprint density at radius 3 is 2.86 bits per heavy atom. The maximum Gasteiger partial charge on any atom is 0.341 e. The highest BCUT2D eigenvalue weighted by Gasteiger charge is 2.25. The van der Waals surface area contributed by atoms with Crippen molar-refractivity contribution in [3.05, 3.63) is 47.4 Å². The van der Waals surface area contributed by atoms with Crippen LogP contribution in [0.4, 0.5) is 5.69 Å². The summed E-state index contributed by atoms with van der Waals surface area (Å²) in [6, 6.07) is 10.0. The minimum absolute atomic E-state index is 0.259. The quantitative estimate of drug-likeness (QED) is 0.437. The number of aryl methyl sites for hydroxylation is 1. The smallest absolute Gasteiger partial charge is 0.341 e. The molecule has 0 radical (unpaired) electrons. The van der Waals surface area contributed by atoms with Crippen LogP contribution in [-0.2, 0) is 11.3 Å². The van der Waals surface area contributed by atoms with Crippen LogP contribution in [0.1, 0.15) is 28.3 Å². The summed E-state index contributed by atoms with van der Waals surface area (Å²) < 4.78 is 15.9. The van der Waals surface area contributed by atoms with Gasteiger partial charge in [0.05, 0.1) is 26.5 Å². The number of esters is 1. The van der Waals surface area contributed by atoms with Gasteiger partial charge in [-0.3, -0.25) is 4.99 Å². The van der Waals surface area contributed by atoms with E-state index in [1.165, 1.54) is 7.11 Å². The van der Waals surface area contributed by atoms with Crippen LogP contribution in [0.5, 0.6) is 5.75 Å². The molecule has 1 aromatic heterocycles. The van der Waals surface area contributed by atoms with Crippen LogP contribution in [-0.4, -0.2) is 52.3 Å². The van der Waals surface area contributed by atoms with Crippen molar-refractivity contribution in [3.8, 4) is 5.75 Å². The van der Waals surface area contributed by atoms with Gasteiger partial charge in [-0.05, 0) is 31.5 Å². The molecule has 1 unspecified atom stereocenters. The van der Waals surface area contributed by atoms with Gasteiger partial charge >= 0.3 is 5.97 Å². The van der Waals surface area contributed by atoms with E-state index >= 15 is 0 Å². The first-order valence-corrected chi connectivity index (χ1v) is 9.58. The summed E-state index contributed by atoms with van der Waals surface area (Å²) in [5, 5.41) is 6.69. The third-order valence-corrected chi connectivity index (χ3v) is 4.98. The van der Waals surface area contributed by atoms with Gasteiger partial charge in [-0.1, -0.05) is 12.1 Å². The largest absolute Gasteiger partial charge is 0.495 e. The molecular formula is C21H28N4O4. The molecule has 1 fully saturated rings. The standard InChI is InChI=1S/C21H28N4O4/c1-14-17(20(26)28-4)11-16(29-14)12-23-21(22-2)24-15-9-10-25(13-15)18-7-5-6-8-19(18)27-3/h5-8,11,15H,9-10,12-13H2,1-4H3,(H2,22,23,24). The number of benzene rings is 1. The SMILES string of the molecule is CN=C(NCc1cc(C(=O)OC)c(C)o1)NC1CCN(c2ccccc2OC)C1. The van der Waals surface area contributed by atoms with Gasteiger partial charge in [0.15, 0.2) is 5.96 Å². The predicted molar refractivity (Wildman–Crippen MR) is 112 cm³/mol. The van der Waals surface area contributed by atoms with Crippen molar-refractivity contribution in [2.24, 2.45) is 4.99 Å². The lowest BCUT2D eigenvalue weighted by atomic mass is 10.2. The molecule has 2 aromatic rings. The lowest BCUT2D eigenvalue weighted by Crippen LogP contribution is -2.44. The molecule has 1 aliphatic heterocycles. The second kappa shape index (κ2) is 9.36. The van der Waals surface area contributed by atoms with E-state index < -0.39 is 5.97 Å². The molecule has 8 nitrogen and oxygen atoms in total. The number of furan rings is 1. The molecule has 0 amide bonds. The average molecular weight is 400 g/mol. The highest BCUT2D eigenvalue weighted by atomic mass is 16.5. The number of ether oxygens (including phenoxy) is 2. The molecule has 1 aliphatic rings. The Labute approximate surface area is 170 Å². The molecule has 0 saturated carbocycles. The number of hydrogen-bond acceptors (Lipinski definition) is 6. The zero-order chi connectivity index (χ0) is 20.8. The van der Waals surface area contributed by atoms with Gasteiger partial charge in [-0.15, -0.1) is 0 Å². The molecule has 0 spiro atoms. The van der Waals surface area contributed by atoms with Gasteiger partial charge in [0, 0.05) is 26.2 Å². The molecule has 1 saturated heterocycles. The van der Waals surface area contributed by atoms with E-state index in [2.05, 4.69) is 26.6 Å². The molecule has 0 aliphatic carbocycles. The van der Waals surface area contributed by atoms with E-state index in [9.17, 15) is 4.79 Å². The summed E-state index contributed by atoms with van der Waals surface area (Å²) >= 11 is 0. The maximum atomic E-state index is 11.7. The fourth-order valence-electron chi connectivity index (χ4n) is 3.49. The topological polar surface area (TPSA) is 88.3 Å². The number of hydrogen-bond donors (Lipinski definition) is 2. The lowest BCUT2D eigenvalue weighted by Gasteiger charge is -2.22. The average Bonchev–Trinajstić information content (AvgIpc) is 3.36. The molecule has 1 atom stereocenters. The van der Waals surface area contributed by atoms with E-state index in [1.54, 1.807) is 27.1 Å². The summed E-state index contributed by atoms with van der Waals surface area (Å²) in [6.07, 6.45) is 0.991. The zero-order valence-corrected chi connectivity index (χ0v) is 17.3. The number of guanidine groups is 1. The van der Waals surface area contributed by atoms with E-state index in [0.29, 0.717) is 29.6 Å². The third kappa shape index (κ3) is 4.82. The second-order valence-electron chi connectivity index (χ2n) is 6.85. The Hall–Kier alpha value is -3.16. The Balaban J connectivity index is 1.55. The summed E-state index contributed by atoms with van der Waals surface area (Å²) in [4.78, 5) is 18.3. The Bertz CT molecular complexity index is 877. The highest BCUT2D eigenvalue weighted by molar-refractivity contribution is 5.90. The van der Waals surface area contributed by atoms with Crippen LogP contribution in [0.3, 0.4) is 0 Å². The van der Waals surface area contributed by atoms with Gasteiger partial charge in [-0.2, -0.15) is 0 Å². The molecule has 3 rings (SSSR count). The van der Waals surface area contributed by atoms with Crippen LogP contribution >= 0.6 is 0 Å². The van der Waals surface area contributed by atoms with Gasteiger partial charge in [-0.25, -0.2) is 4.79 Å². The van der Waals surface area contributed by atoms with Crippen molar-refractivity contribution in [2.45, 2.75) is 25.9 Å². The molecule has 29 heavy (non-hydrogen) atoms. The summed E-state index contributed by atoms with van der Waals surface area (Å²) in [5.41, 5.74) is 1.54. The first-order chi connectivity index (χ1) is 14.0. The van der Waals surface area contributed by atoms with E-state index in [0.717, 1.165) is 30.9 Å². The Morgan fingerprint density at radius 2 is 2.14 bits per heavy atom. The maximum absolute atomic E-state index is 11.7. The van der Waals surface area contributed by atoms with E-state index in [1.807, 2.05) is 18.2 Å². The van der Waals surface area contributed by atoms with E-state index in [4.69, 9.17) is 13.9 Å². The molecule has 156 valence electrons. The number of anilines is 1. The first-order valence-electron chi connectivity index (χ1n) is 9.58. The van der Waals surface area contributed by atoms with Crippen LogP contribution in [0.25, 0.3) is 0 Å². The minimum atomic E-state index is -0.401. The van der Waals surface area contributed by atoms with Gasteiger partial charge in [0.1, 0.15) is 22.8 Å². The Morgan fingerprint density at radius 1 is 1.34 bits per heavy atom. The van der Waals surface area contributed by atoms with Gasteiger partial charge < -0.3 is 29.4 Å². The first kappa shape index (κ1) is 20.6. The van der Waals surface area contributed by atoms with Crippen LogP contribution in [0.15, 0.2) is 39.7 Å². The summed E-state index contributed by atoms with van der Waals surface area (Å²) in [5.74, 6) is 2.35. The van der Waals surface area contributed by atoms with Crippen molar-refractivity contribution in [1.82, 2.24) is 10.6 Å². The fraction of sp³-hybridized carbons (Fsp3) is 0.429. The number of carbonyl (C=O) groups is 1. The molecular weight excluding hydrogens is 372 g/mol. The number of nitrogens with zero attached hydrogens (tertiary/aromatic N) is 2. The molecule has 2 N–H and O–H groups in total. The van der Waals surface area contributed by atoms with Crippen LogP contribution in [0, 0.1) is 6.92 Å². The number of carbonyl (C=O) groups excluding carboxylic acids is 1. The van der Waals surface area contributed by atoms with Crippen molar-refractivity contribution in [1.29, 1.82) is 0 Å². The molecule has 0 bridgehead atoms. The zero-order valence-electron chi connectivity index (χ0n) is 17.3. The van der Waals surface area contributed by atoms with Crippen LogP contribution in [0.2, 0.25) is 0 Å². The summed E-state index contributed by atoms with van der Waals surface area (Å²) in [6.45, 7) is 3.95. The number of para-hydroxylation sites is 2. The number of methoxy groups -OCH3 is 2. The highest BCUT2D eigenvalue weighted by Crippen LogP contribution is 2.30. The third-order valence-electron chi connectivity index (χ3n) is 4.98. The van der Waals surface area contributed by atoms with Crippen molar-refractivity contribution < 1.29 is 18.7 Å². The normalized spacial score (nSPS) is 16.6. The second-order valence-corrected chi connectivity index (χ2v) is 6.85. The monoisotopic (exact) mass is 400 g/mol. The Kier molecular flexibility index (Phi) is 6.64. The van der Waals surface area contributed by atoms with Crippen molar-refractivity contribution in [2.75, 3.05) is 39.3 Å². The number of aliphatic imine (C=N–C) groups is 1.